The molecule has 1 aliphatic heterocycles. The highest BCUT2D eigenvalue weighted by atomic mass is 16.2. The molecule has 0 spiro atoms. The summed E-state index contributed by atoms with van der Waals surface area (Å²) in [5.41, 5.74) is 0.510. The number of carbonyl (C=O) groups excluding carboxylic acids is 2. The van der Waals surface area contributed by atoms with Crippen molar-refractivity contribution < 1.29 is 9.59 Å². The van der Waals surface area contributed by atoms with Gasteiger partial charge >= 0.3 is 6.03 Å². The van der Waals surface area contributed by atoms with Crippen LogP contribution in [-0.4, -0.2) is 23.2 Å². The van der Waals surface area contributed by atoms with Gasteiger partial charge in [-0.2, -0.15) is 5.10 Å². The van der Waals surface area contributed by atoms with E-state index >= 15 is 0 Å². The molecule has 134 valence electrons. The highest BCUT2D eigenvalue weighted by Crippen LogP contribution is 2.32. The Morgan fingerprint density at radius 2 is 1.67 bits per heavy atom. The number of nitrogens with zero attached hydrogens (tertiary/aromatic N) is 2. The summed E-state index contributed by atoms with van der Waals surface area (Å²) in [5, 5.41) is 10.1. The number of imide groups is 1. The molecule has 1 atom stereocenters. The van der Waals surface area contributed by atoms with E-state index in [0.29, 0.717) is 6.42 Å². The number of hydrazone groups is 1. The maximum atomic E-state index is 13.0. The van der Waals surface area contributed by atoms with E-state index in [9.17, 15) is 9.59 Å². The molecule has 3 aromatic carbocycles. The van der Waals surface area contributed by atoms with Gasteiger partial charge in [0.1, 0.15) is 5.54 Å². The van der Waals surface area contributed by atoms with Crippen LogP contribution in [0.3, 0.4) is 0 Å². The van der Waals surface area contributed by atoms with E-state index in [1.54, 1.807) is 6.21 Å². The fourth-order valence-corrected chi connectivity index (χ4v) is 3.44. The number of urea groups is 1. The predicted octanol–water partition coefficient (Wildman–Crippen LogP) is 4.03. The minimum atomic E-state index is -1.07. The van der Waals surface area contributed by atoms with Crippen molar-refractivity contribution in [3.05, 3.63) is 83.9 Å². The number of benzene rings is 3. The summed E-state index contributed by atoms with van der Waals surface area (Å²) in [7, 11) is 0. The standard InChI is InChI=1S/C22H19N3O2/c1-2-22(19-10-4-3-5-11-19)20(26)25(21(27)24-22)23-15-16-12-13-17-8-6-7-9-18(17)14-16/h3-15H,2H2,1H3,(H,24,27)/b23-15-/t22-/m1/s1. The van der Waals surface area contributed by atoms with E-state index in [2.05, 4.69) is 10.4 Å². The number of hydrogen-bond donors (Lipinski definition) is 1. The van der Waals surface area contributed by atoms with Crippen molar-refractivity contribution in [3.8, 4) is 0 Å². The lowest BCUT2D eigenvalue weighted by atomic mass is 9.87. The van der Waals surface area contributed by atoms with E-state index in [4.69, 9.17) is 0 Å². The van der Waals surface area contributed by atoms with Gasteiger partial charge in [0.25, 0.3) is 5.91 Å². The number of nitrogens with one attached hydrogen (secondary N) is 1. The molecular weight excluding hydrogens is 338 g/mol. The highest BCUT2D eigenvalue weighted by Gasteiger charge is 2.51. The van der Waals surface area contributed by atoms with Gasteiger partial charge < -0.3 is 5.32 Å². The molecule has 0 saturated carbocycles. The molecule has 0 bridgehead atoms. The molecule has 3 aromatic rings. The molecule has 3 amide bonds. The van der Waals surface area contributed by atoms with Gasteiger partial charge in [0, 0.05) is 0 Å². The Balaban J connectivity index is 1.64. The third kappa shape index (κ3) is 2.87. The first kappa shape index (κ1) is 17.0. The average Bonchev–Trinajstić information content (AvgIpc) is 2.97. The van der Waals surface area contributed by atoms with Crippen LogP contribution >= 0.6 is 0 Å². The maximum absolute atomic E-state index is 13.0. The second-order valence-electron chi connectivity index (χ2n) is 6.52. The Bertz CT molecular complexity index is 1050. The summed E-state index contributed by atoms with van der Waals surface area (Å²) < 4.78 is 0. The van der Waals surface area contributed by atoms with E-state index in [0.717, 1.165) is 26.9 Å². The fourth-order valence-electron chi connectivity index (χ4n) is 3.44. The topological polar surface area (TPSA) is 61.8 Å². The van der Waals surface area contributed by atoms with Crippen LogP contribution in [0.1, 0.15) is 24.5 Å². The number of fused-ring (bicyclic) bond motifs is 1. The van der Waals surface area contributed by atoms with Crippen LogP contribution in [-0.2, 0) is 10.3 Å². The van der Waals surface area contributed by atoms with E-state index in [-0.39, 0.29) is 5.91 Å². The lowest BCUT2D eigenvalue weighted by Crippen LogP contribution is -2.43. The van der Waals surface area contributed by atoms with Gasteiger partial charge in [-0.05, 0) is 34.4 Å². The smallest absolute Gasteiger partial charge is 0.318 e. The Kier molecular flexibility index (Phi) is 4.20. The summed E-state index contributed by atoms with van der Waals surface area (Å²) in [4.78, 5) is 25.5. The van der Waals surface area contributed by atoms with Crippen LogP contribution in [0.2, 0.25) is 0 Å². The van der Waals surface area contributed by atoms with Crippen LogP contribution in [0.4, 0.5) is 4.79 Å². The molecule has 0 unspecified atom stereocenters. The fraction of sp³-hybridized carbons (Fsp3) is 0.136. The zero-order valence-electron chi connectivity index (χ0n) is 14.9. The van der Waals surface area contributed by atoms with Gasteiger partial charge in [0.05, 0.1) is 6.21 Å². The van der Waals surface area contributed by atoms with Crippen LogP contribution in [0.25, 0.3) is 10.8 Å². The van der Waals surface area contributed by atoms with Crippen molar-refractivity contribution in [2.24, 2.45) is 5.10 Å². The summed E-state index contributed by atoms with van der Waals surface area (Å²) in [6.45, 7) is 1.88. The second-order valence-corrected chi connectivity index (χ2v) is 6.52. The lowest BCUT2D eigenvalue weighted by molar-refractivity contribution is -0.131. The number of rotatable bonds is 4. The second kappa shape index (κ2) is 6.68. The minimum absolute atomic E-state index is 0.363. The van der Waals surface area contributed by atoms with Crippen LogP contribution < -0.4 is 5.32 Å². The monoisotopic (exact) mass is 357 g/mol. The van der Waals surface area contributed by atoms with Gasteiger partial charge in [-0.25, -0.2) is 4.79 Å². The largest absolute Gasteiger partial charge is 0.346 e. The summed E-state index contributed by atoms with van der Waals surface area (Å²) in [6, 6.07) is 22.6. The van der Waals surface area contributed by atoms with Crippen molar-refractivity contribution in [1.29, 1.82) is 0 Å². The van der Waals surface area contributed by atoms with Crippen LogP contribution in [0.15, 0.2) is 77.9 Å². The molecule has 4 rings (SSSR count). The predicted molar refractivity (Wildman–Crippen MR) is 105 cm³/mol. The van der Waals surface area contributed by atoms with Gasteiger partial charge in [-0.3, -0.25) is 4.79 Å². The summed E-state index contributed by atoms with van der Waals surface area (Å²) in [5.74, 6) is -0.363. The third-order valence-corrected chi connectivity index (χ3v) is 4.96. The lowest BCUT2D eigenvalue weighted by Gasteiger charge is -2.24. The number of carbonyl (C=O) groups is 2. The Morgan fingerprint density at radius 1 is 0.963 bits per heavy atom. The first-order chi connectivity index (χ1) is 13.1. The summed E-state index contributed by atoms with van der Waals surface area (Å²) >= 11 is 0. The highest BCUT2D eigenvalue weighted by molar-refractivity contribution is 6.08. The van der Waals surface area contributed by atoms with Crippen molar-refractivity contribution in [2.75, 3.05) is 0 Å². The van der Waals surface area contributed by atoms with Crippen molar-refractivity contribution in [2.45, 2.75) is 18.9 Å². The van der Waals surface area contributed by atoms with Gasteiger partial charge in [-0.1, -0.05) is 73.7 Å². The van der Waals surface area contributed by atoms with Crippen LogP contribution in [0, 0.1) is 0 Å². The molecule has 0 aliphatic carbocycles. The molecule has 1 saturated heterocycles. The van der Waals surface area contributed by atoms with Gasteiger partial charge in [0.15, 0.2) is 0 Å². The van der Waals surface area contributed by atoms with Crippen molar-refractivity contribution in [1.82, 2.24) is 10.3 Å². The molecule has 0 aromatic heterocycles. The van der Waals surface area contributed by atoms with Crippen LogP contribution in [0.5, 0.6) is 0 Å². The minimum Gasteiger partial charge on any atom is -0.318 e. The molecule has 1 fully saturated rings. The summed E-state index contributed by atoms with van der Waals surface area (Å²) in [6.07, 6.45) is 1.99. The van der Waals surface area contributed by atoms with Crippen molar-refractivity contribution >= 4 is 28.9 Å². The molecule has 5 heteroatoms. The quantitative estimate of drug-likeness (QED) is 0.566. The van der Waals surface area contributed by atoms with Gasteiger partial charge in [-0.15, -0.1) is 5.01 Å². The zero-order valence-corrected chi connectivity index (χ0v) is 14.9. The molecule has 27 heavy (non-hydrogen) atoms. The molecule has 0 radical (unpaired) electrons. The average molecular weight is 357 g/mol. The Morgan fingerprint density at radius 3 is 2.41 bits per heavy atom. The number of hydrogen-bond acceptors (Lipinski definition) is 3. The Labute approximate surface area is 157 Å². The van der Waals surface area contributed by atoms with E-state index in [1.165, 1.54) is 0 Å². The first-order valence-electron chi connectivity index (χ1n) is 8.89. The molecule has 1 aliphatic rings. The SMILES string of the molecule is CC[C@]1(c2ccccc2)NC(=O)N(/N=C\c2ccc3ccccc3c2)C1=O. The van der Waals surface area contributed by atoms with Crippen molar-refractivity contribution in [3.63, 3.8) is 0 Å². The molecule has 1 heterocycles. The molecular formula is C22H19N3O2. The van der Waals surface area contributed by atoms with E-state index in [1.807, 2.05) is 79.7 Å². The van der Waals surface area contributed by atoms with Gasteiger partial charge in [0.2, 0.25) is 0 Å². The third-order valence-electron chi connectivity index (χ3n) is 4.96. The Hall–Kier alpha value is -3.47. The number of amides is 3. The molecule has 1 N–H and O–H groups in total. The first-order valence-corrected chi connectivity index (χ1v) is 8.89. The normalized spacial score (nSPS) is 19.8. The van der Waals surface area contributed by atoms with E-state index < -0.39 is 11.6 Å². The maximum Gasteiger partial charge on any atom is 0.346 e. The zero-order chi connectivity index (χ0) is 18.9. The molecule has 5 nitrogen and oxygen atoms in total.